The molecule has 2 heterocycles. The van der Waals surface area contributed by atoms with Crippen molar-refractivity contribution in [3.63, 3.8) is 0 Å². The molecule has 0 unspecified atom stereocenters. The third-order valence-electron chi connectivity index (χ3n) is 5.45. The number of hydrogen-bond donors (Lipinski definition) is 1. The van der Waals surface area contributed by atoms with Gasteiger partial charge in [-0.2, -0.15) is 0 Å². The molecule has 1 aromatic rings. The summed E-state index contributed by atoms with van der Waals surface area (Å²) in [7, 11) is 1.54. The number of hydrogen-bond acceptors (Lipinski definition) is 5. The summed E-state index contributed by atoms with van der Waals surface area (Å²) in [5.74, 6) is 0.278. The number of aliphatic hydroxyl groups excluding tert-OH is 1. The van der Waals surface area contributed by atoms with Gasteiger partial charge in [-0.15, -0.1) is 0 Å². The van der Waals surface area contributed by atoms with Crippen molar-refractivity contribution < 1.29 is 23.7 Å². The lowest BCUT2D eigenvalue weighted by atomic mass is 9.84. The normalized spacial score (nSPS) is 25.3. The van der Waals surface area contributed by atoms with Gasteiger partial charge in [-0.05, 0) is 56.2 Å². The average Bonchev–Trinajstić information content (AvgIpc) is 2.59. The summed E-state index contributed by atoms with van der Waals surface area (Å²) in [6.45, 7) is 13.9. The molecule has 0 radical (unpaired) electrons. The third-order valence-corrected chi connectivity index (χ3v) is 5.45. The van der Waals surface area contributed by atoms with Gasteiger partial charge in [0.05, 0.1) is 31.5 Å². The molecule has 29 heavy (non-hydrogen) atoms. The Labute approximate surface area is 174 Å². The molecule has 2 aliphatic rings. The number of rotatable bonds is 4. The standard InChI is InChI=1S/C23H36FNO4/c1-22(2,3)13-28-21-18(27-7)10-15-14(20(21)24)8-9-25-12-19(29-23(4,5)6)17(26)11-16(15)25/h10,16-17,19,26H,8-9,11-13H2,1-7H3/t16-,17-,19-/m1/s1. The first-order chi connectivity index (χ1) is 13.4. The second-order valence-electron chi connectivity index (χ2n) is 10.5. The Hall–Kier alpha value is -1.37. The Bertz CT molecular complexity index is 738. The van der Waals surface area contributed by atoms with Gasteiger partial charge in [0.25, 0.3) is 0 Å². The molecule has 1 saturated heterocycles. The van der Waals surface area contributed by atoms with Crippen molar-refractivity contribution in [2.45, 2.75) is 78.2 Å². The molecule has 6 heteroatoms. The summed E-state index contributed by atoms with van der Waals surface area (Å²) in [5, 5.41) is 10.7. The van der Waals surface area contributed by atoms with E-state index in [0.717, 1.165) is 12.1 Å². The number of methoxy groups -OCH3 is 1. The van der Waals surface area contributed by atoms with Crippen LogP contribution in [0.2, 0.25) is 0 Å². The highest BCUT2D eigenvalue weighted by Gasteiger charge is 2.41. The smallest absolute Gasteiger partial charge is 0.197 e. The highest BCUT2D eigenvalue weighted by atomic mass is 19.1. The summed E-state index contributed by atoms with van der Waals surface area (Å²) >= 11 is 0. The van der Waals surface area contributed by atoms with Crippen molar-refractivity contribution in [2.75, 3.05) is 26.8 Å². The number of ether oxygens (including phenoxy) is 3. The largest absolute Gasteiger partial charge is 0.493 e. The van der Waals surface area contributed by atoms with E-state index in [4.69, 9.17) is 14.2 Å². The van der Waals surface area contributed by atoms with E-state index in [0.29, 0.717) is 37.3 Å². The molecule has 1 N–H and O–H groups in total. The number of fused-ring (bicyclic) bond motifs is 3. The Morgan fingerprint density at radius 3 is 2.48 bits per heavy atom. The van der Waals surface area contributed by atoms with Crippen LogP contribution in [0.5, 0.6) is 11.5 Å². The Morgan fingerprint density at radius 2 is 1.90 bits per heavy atom. The zero-order chi connectivity index (χ0) is 21.6. The van der Waals surface area contributed by atoms with Crippen molar-refractivity contribution in [1.29, 1.82) is 0 Å². The minimum atomic E-state index is -0.590. The van der Waals surface area contributed by atoms with Gasteiger partial charge in [0.2, 0.25) is 0 Å². The second-order valence-corrected chi connectivity index (χ2v) is 10.5. The lowest BCUT2D eigenvalue weighted by Crippen LogP contribution is -2.53. The van der Waals surface area contributed by atoms with Crippen LogP contribution < -0.4 is 9.47 Å². The van der Waals surface area contributed by atoms with Gasteiger partial charge in [-0.25, -0.2) is 4.39 Å². The molecule has 5 nitrogen and oxygen atoms in total. The van der Waals surface area contributed by atoms with Crippen molar-refractivity contribution in [1.82, 2.24) is 4.90 Å². The van der Waals surface area contributed by atoms with Crippen LogP contribution in [0.15, 0.2) is 6.07 Å². The van der Waals surface area contributed by atoms with Crippen LogP contribution >= 0.6 is 0 Å². The molecule has 0 bridgehead atoms. The molecule has 3 atom stereocenters. The fourth-order valence-electron chi connectivity index (χ4n) is 4.20. The molecule has 0 aromatic heterocycles. The molecular formula is C23H36FNO4. The number of nitrogens with zero attached hydrogens (tertiary/aromatic N) is 1. The predicted octanol–water partition coefficient (Wildman–Crippen LogP) is 4.11. The monoisotopic (exact) mass is 409 g/mol. The van der Waals surface area contributed by atoms with Crippen LogP contribution in [0, 0.1) is 11.2 Å². The zero-order valence-corrected chi connectivity index (χ0v) is 18.8. The van der Waals surface area contributed by atoms with E-state index in [-0.39, 0.29) is 34.7 Å². The molecular weight excluding hydrogens is 373 g/mol. The molecule has 1 fully saturated rings. The number of halogens is 1. The van der Waals surface area contributed by atoms with Gasteiger partial charge in [-0.1, -0.05) is 20.8 Å². The zero-order valence-electron chi connectivity index (χ0n) is 18.8. The van der Waals surface area contributed by atoms with E-state index in [9.17, 15) is 5.11 Å². The molecule has 0 saturated carbocycles. The molecule has 3 rings (SSSR count). The van der Waals surface area contributed by atoms with E-state index < -0.39 is 6.10 Å². The maximum absolute atomic E-state index is 15.4. The summed E-state index contributed by atoms with van der Waals surface area (Å²) in [5.41, 5.74) is 1.17. The van der Waals surface area contributed by atoms with E-state index in [1.807, 2.05) is 47.6 Å². The highest BCUT2D eigenvalue weighted by Crippen LogP contribution is 2.44. The van der Waals surface area contributed by atoms with Crippen LogP contribution in [0.1, 0.15) is 65.1 Å². The van der Waals surface area contributed by atoms with E-state index >= 15 is 4.39 Å². The quantitative estimate of drug-likeness (QED) is 0.811. The Balaban J connectivity index is 1.89. The summed E-state index contributed by atoms with van der Waals surface area (Å²) in [6, 6.07) is 1.85. The minimum absolute atomic E-state index is 0.0476. The highest BCUT2D eigenvalue weighted by molar-refractivity contribution is 5.51. The first-order valence-electron chi connectivity index (χ1n) is 10.5. The second kappa shape index (κ2) is 8.05. The summed E-state index contributed by atoms with van der Waals surface area (Å²) in [4.78, 5) is 2.29. The lowest BCUT2D eigenvalue weighted by molar-refractivity contribution is -0.149. The number of aliphatic hydroxyl groups is 1. The topological polar surface area (TPSA) is 51.2 Å². The van der Waals surface area contributed by atoms with Gasteiger partial charge in [0.15, 0.2) is 17.3 Å². The van der Waals surface area contributed by atoms with Crippen LogP contribution in [0.4, 0.5) is 4.39 Å². The van der Waals surface area contributed by atoms with Gasteiger partial charge >= 0.3 is 0 Å². The van der Waals surface area contributed by atoms with Gasteiger partial charge in [-0.3, -0.25) is 4.90 Å². The van der Waals surface area contributed by atoms with Gasteiger partial charge in [0, 0.05) is 19.1 Å². The lowest BCUT2D eigenvalue weighted by Gasteiger charge is -2.47. The molecule has 164 valence electrons. The molecule has 1 aromatic carbocycles. The molecule has 0 amide bonds. The predicted molar refractivity (Wildman–Crippen MR) is 111 cm³/mol. The SMILES string of the molecule is COc1cc2c(c(F)c1OCC(C)(C)C)CCN1C[C@@H](OC(C)(C)C)[C@H](O)C[C@H]21. The minimum Gasteiger partial charge on any atom is -0.493 e. The molecule has 0 spiro atoms. The first kappa shape index (κ1) is 22.3. The van der Waals surface area contributed by atoms with E-state index in [2.05, 4.69) is 4.90 Å². The van der Waals surface area contributed by atoms with Crippen LogP contribution in [0.3, 0.4) is 0 Å². The maximum atomic E-state index is 15.4. The fraction of sp³-hybridized carbons (Fsp3) is 0.739. The van der Waals surface area contributed by atoms with Gasteiger partial charge < -0.3 is 19.3 Å². The summed E-state index contributed by atoms with van der Waals surface area (Å²) in [6.07, 6.45) is 0.283. The molecule has 0 aliphatic carbocycles. The van der Waals surface area contributed by atoms with Crippen molar-refractivity contribution in [2.24, 2.45) is 5.41 Å². The number of benzene rings is 1. The molecule has 2 aliphatic heterocycles. The van der Waals surface area contributed by atoms with Crippen LogP contribution in [-0.2, 0) is 11.2 Å². The third kappa shape index (κ3) is 5.04. The Morgan fingerprint density at radius 1 is 1.21 bits per heavy atom. The van der Waals surface area contributed by atoms with Crippen molar-refractivity contribution in [3.05, 3.63) is 23.0 Å². The van der Waals surface area contributed by atoms with Crippen molar-refractivity contribution in [3.8, 4) is 11.5 Å². The van der Waals surface area contributed by atoms with Crippen LogP contribution in [-0.4, -0.2) is 54.6 Å². The van der Waals surface area contributed by atoms with Crippen LogP contribution in [0.25, 0.3) is 0 Å². The Kier molecular flexibility index (Phi) is 6.19. The van der Waals surface area contributed by atoms with Gasteiger partial charge in [0.1, 0.15) is 0 Å². The summed E-state index contributed by atoms with van der Waals surface area (Å²) < 4.78 is 32.8. The van der Waals surface area contributed by atoms with E-state index in [1.54, 1.807) is 0 Å². The average molecular weight is 410 g/mol. The van der Waals surface area contributed by atoms with E-state index in [1.165, 1.54) is 7.11 Å². The van der Waals surface area contributed by atoms with Crippen molar-refractivity contribution >= 4 is 0 Å². The number of piperidine rings is 1. The fourth-order valence-corrected chi connectivity index (χ4v) is 4.20. The first-order valence-corrected chi connectivity index (χ1v) is 10.5. The maximum Gasteiger partial charge on any atom is 0.197 e.